The van der Waals surface area contributed by atoms with Gasteiger partial charge in [0, 0.05) is 31.4 Å². The predicted molar refractivity (Wildman–Crippen MR) is 107 cm³/mol. The lowest BCUT2D eigenvalue weighted by molar-refractivity contribution is -0.384. The van der Waals surface area contributed by atoms with Gasteiger partial charge in [0.15, 0.2) is 0 Å². The van der Waals surface area contributed by atoms with E-state index in [9.17, 15) is 10.1 Å². The van der Waals surface area contributed by atoms with Gasteiger partial charge in [0.2, 0.25) is 0 Å². The van der Waals surface area contributed by atoms with Crippen LogP contribution in [0.1, 0.15) is 18.1 Å². The number of nitro benzene ring substituents is 1. The van der Waals surface area contributed by atoms with Crippen molar-refractivity contribution in [1.82, 2.24) is 0 Å². The third-order valence-corrected chi connectivity index (χ3v) is 3.83. The van der Waals surface area contributed by atoms with Crippen LogP contribution < -0.4 is 4.90 Å². The third-order valence-electron chi connectivity index (χ3n) is 3.83. The summed E-state index contributed by atoms with van der Waals surface area (Å²) >= 11 is 0. The Morgan fingerprint density at radius 1 is 1.12 bits per heavy atom. The fourth-order valence-corrected chi connectivity index (χ4v) is 2.32. The molecule has 2 rings (SSSR count). The first-order chi connectivity index (χ1) is 12.5. The Morgan fingerprint density at radius 2 is 1.65 bits per heavy atom. The number of non-ortho nitro benzene ring substituents is 1. The summed E-state index contributed by atoms with van der Waals surface area (Å²) in [7, 11) is 2.03. The molecule has 0 saturated heterocycles. The summed E-state index contributed by atoms with van der Waals surface area (Å²) in [4.78, 5) is 12.4. The number of likely N-dealkylation sites (N-methyl/N-ethyl adjacent to an activating group) is 1. The predicted octanol–water partition coefficient (Wildman–Crippen LogP) is 4.79. The zero-order valence-electron chi connectivity index (χ0n) is 15.2. The van der Waals surface area contributed by atoms with Crippen molar-refractivity contribution >= 4 is 23.5 Å². The van der Waals surface area contributed by atoms with Crippen LogP contribution in [-0.2, 0) is 4.74 Å². The molecule has 0 spiro atoms. The standard InChI is InChI=1S/C21H24N2O3/c1-17(2)16-26-15-14-22(3)20-10-6-18(7-11-20)4-5-19-8-12-21(13-9-19)23(24)25/h4-13H,1,14-16H2,2-3H3/b5-4+. The second-order valence-corrected chi connectivity index (χ2v) is 6.20. The van der Waals surface area contributed by atoms with E-state index in [-0.39, 0.29) is 5.69 Å². The molecule has 0 fully saturated rings. The lowest BCUT2D eigenvalue weighted by Gasteiger charge is -2.19. The number of hydrogen-bond donors (Lipinski definition) is 0. The maximum absolute atomic E-state index is 10.7. The van der Waals surface area contributed by atoms with E-state index in [1.165, 1.54) is 12.1 Å². The number of rotatable bonds is 9. The van der Waals surface area contributed by atoms with Gasteiger partial charge in [-0.05, 0) is 42.3 Å². The first kappa shape index (κ1) is 19.4. The first-order valence-corrected chi connectivity index (χ1v) is 8.41. The topological polar surface area (TPSA) is 55.6 Å². The molecule has 136 valence electrons. The normalized spacial score (nSPS) is 10.8. The molecule has 2 aromatic carbocycles. The number of nitro groups is 1. The van der Waals surface area contributed by atoms with Gasteiger partial charge in [-0.2, -0.15) is 0 Å². The van der Waals surface area contributed by atoms with Gasteiger partial charge in [0.25, 0.3) is 5.69 Å². The number of hydrogen-bond acceptors (Lipinski definition) is 4. The number of nitrogens with zero attached hydrogens (tertiary/aromatic N) is 2. The van der Waals surface area contributed by atoms with Crippen LogP contribution in [0.15, 0.2) is 60.7 Å². The molecule has 26 heavy (non-hydrogen) atoms. The number of ether oxygens (including phenoxy) is 1. The zero-order valence-corrected chi connectivity index (χ0v) is 15.2. The molecule has 0 aliphatic carbocycles. The summed E-state index contributed by atoms with van der Waals surface area (Å²) < 4.78 is 5.53. The molecule has 0 aliphatic heterocycles. The Bertz CT molecular complexity index is 765. The lowest BCUT2D eigenvalue weighted by Crippen LogP contribution is -2.22. The highest BCUT2D eigenvalue weighted by atomic mass is 16.6. The molecule has 5 heteroatoms. The number of benzene rings is 2. The molecule has 5 nitrogen and oxygen atoms in total. The second kappa shape index (κ2) is 9.53. The summed E-state index contributed by atoms with van der Waals surface area (Å²) in [6.07, 6.45) is 3.93. The first-order valence-electron chi connectivity index (χ1n) is 8.41. The van der Waals surface area contributed by atoms with Crippen molar-refractivity contribution in [2.24, 2.45) is 0 Å². The maximum atomic E-state index is 10.7. The van der Waals surface area contributed by atoms with Crippen LogP contribution in [0.25, 0.3) is 12.2 Å². The summed E-state index contributed by atoms with van der Waals surface area (Å²) in [5, 5.41) is 10.7. The third kappa shape index (κ3) is 6.18. The van der Waals surface area contributed by atoms with Crippen molar-refractivity contribution in [3.05, 3.63) is 81.9 Å². The molecule has 2 aromatic rings. The fourth-order valence-electron chi connectivity index (χ4n) is 2.32. The largest absolute Gasteiger partial charge is 0.375 e. The van der Waals surface area contributed by atoms with E-state index in [1.54, 1.807) is 12.1 Å². The highest BCUT2D eigenvalue weighted by Gasteiger charge is 2.03. The van der Waals surface area contributed by atoms with Gasteiger partial charge in [-0.3, -0.25) is 10.1 Å². The van der Waals surface area contributed by atoms with Crippen LogP contribution >= 0.6 is 0 Å². The lowest BCUT2D eigenvalue weighted by atomic mass is 10.1. The molecule has 0 aromatic heterocycles. The maximum Gasteiger partial charge on any atom is 0.269 e. The monoisotopic (exact) mass is 352 g/mol. The van der Waals surface area contributed by atoms with E-state index in [0.29, 0.717) is 13.2 Å². The van der Waals surface area contributed by atoms with Gasteiger partial charge < -0.3 is 9.64 Å². The van der Waals surface area contributed by atoms with E-state index in [4.69, 9.17) is 4.74 Å². The minimum atomic E-state index is -0.397. The average molecular weight is 352 g/mol. The molecule has 0 atom stereocenters. The zero-order chi connectivity index (χ0) is 18.9. The summed E-state index contributed by atoms with van der Waals surface area (Å²) in [6.45, 7) is 7.83. The Kier molecular flexibility index (Phi) is 7.12. The minimum Gasteiger partial charge on any atom is -0.375 e. The van der Waals surface area contributed by atoms with E-state index < -0.39 is 4.92 Å². The van der Waals surface area contributed by atoms with Crippen LogP contribution in [-0.4, -0.2) is 31.7 Å². The Balaban J connectivity index is 1.89. The molecular formula is C21H24N2O3. The smallest absolute Gasteiger partial charge is 0.269 e. The Labute approximate surface area is 154 Å². The van der Waals surface area contributed by atoms with Crippen LogP contribution in [0.2, 0.25) is 0 Å². The molecule has 0 heterocycles. The van der Waals surface area contributed by atoms with Crippen molar-refractivity contribution in [2.45, 2.75) is 6.92 Å². The Morgan fingerprint density at radius 3 is 2.15 bits per heavy atom. The summed E-state index contributed by atoms with van der Waals surface area (Å²) in [5.74, 6) is 0. The molecule has 0 unspecified atom stereocenters. The molecule has 0 amide bonds. The highest BCUT2D eigenvalue weighted by molar-refractivity contribution is 5.70. The highest BCUT2D eigenvalue weighted by Crippen LogP contribution is 2.17. The molecule has 0 bridgehead atoms. The van der Waals surface area contributed by atoms with E-state index in [0.717, 1.165) is 28.9 Å². The van der Waals surface area contributed by atoms with Crippen molar-refractivity contribution in [3.8, 4) is 0 Å². The van der Waals surface area contributed by atoms with Gasteiger partial charge >= 0.3 is 0 Å². The van der Waals surface area contributed by atoms with Crippen LogP contribution in [0.3, 0.4) is 0 Å². The van der Waals surface area contributed by atoms with E-state index in [2.05, 4.69) is 23.6 Å². The van der Waals surface area contributed by atoms with Gasteiger partial charge in [-0.25, -0.2) is 0 Å². The van der Waals surface area contributed by atoms with E-state index >= 15 is 0 Å². The molecule has 0 radical (unpaired) electrons. The second-order valence-electron chi connectivity index (χ2n) is 6.20. The summed E-state index contributed by atoms with van der Waals surface area (Å²) in [5.41, 5.74) is 4.24. The van der Waals surface area contributed by atoms with Crippen LogP contribution in [0, 0.1) is 10.1 Å². The molecule has 0 aliphatic rings. The van der Waals surface area contributed by atoms with Gasteiger partial charge in [0.1, 0.15) is 0 Å². The van der Waals surface area contributed by atoms with Crippen molar-refractivity contribution in [3.63, 3.8) is 0 Å². The van der Waals surface area contributed by atoms with Gasteiger partial charge in [-0.1, -0.05) is 36.4 Å². The van der Waals surface area contributed by atoms with Crippen molar-refractivity contribution in [2.75, 3.05) is 31.7 Å². The molecular weight excluding hydrogens is 328 g/mol. The Hall–Kier alpha value is -2.92. The average Bonchev–Trinajstić information content (AvgIpc) is 2.64. The van der Waals surface area contributed by atoms with Crippen LogP contribution in [0.4, 0.5) is 11.4 Å². The van der Waals surface area contributed by atoms with Gasteiger partial charge in [0.05, 0.1) is 18.1 Å². The fraction of sp³-hybridized carbons (Fsp3) is 0.238. The minimum absolute atomic E-state index is 0.0989. The molecule has 0 N–H and O–H groups in total. The van der Waals surface area contributed by atoms with Gasteiger partial charge in [-0.15, -0.1) is 0 Å². The van der Waals surface area contributed by atoms with Crippen molar-refractivity contribution < 1.29 is 9.66 Å². The quantitative estimate of drug-likeness (QED) is 0.214. The number of anilines is 1. The van der Waals surface area contributed by atoms with Crippen LogP contribution in [0.5, 0.6) is 0 Å². The summed E-state index contributed by atoms with van der Waals surface area (Å²) in [6, 6.07) is 14.7. The SMILES string of the molecule is C=C(C)COCCN(C)c1ccc(/C=C/c2ccc([N+](=O)[O-])cc2)cc1. The molecule has 0 saturated carbocycles. The van der Waals surface area contributed by atoms with E-state index in [1.807, 2.05) is 38.3 Å². The van der Waals surface area contributed by atoms with Crippen molar-refractivity contribution in [1.29, 1.82) is 0 Å².